The molecule has 0 saturated carbocycles. The van der Waals surface area contributed by atoms with Crippen molar-refractivity contribution in [3.63, 3.8) is 0 Å². The number of aromatic nitrogens is 4. The van der Waals surface area contributed by atoms with Crippen molar-refractivity contribution in [3.05, 3.63) is 236 Å². The van der Waals surface area contributed by atoms with Crippen LogP contribution in [0.25, 0.3) is 0 Å². The number of carbonyl (C=O) groups is 8. The minimum Gasteiger partial charge on any atom is -0.483 e. The predicted molar refractivity (Wildman–Crippen MR) is 373 cm³/mol. The van der Waals surface area contributed by atoms with Gasteiger partial charge in [-0.3, -0.25) is 102 Å². The summed E-state index contributed by atoms with van der Waals surface area (Å²) in [5, 5.41) is 0. The summed E-state index contributed by atoms with van der Waals surface area (Å²) in [6, 6.07) is 28.1. The van der Waals surface area contributed by atoms with Gasteiger partial charge in [-0.15, -0.1) is 0 Å². The third-order valence-electron chi connectivity index (χ3n) is 16.4. The number of nitrogens with one attached hydrogen (secondary N) is 8. The summed E-state index contributed by atoms with van der Waals surface area (Å²) in [5.74, 6) is -4.01. The molecule has 8 N–H and O–H groups in total. The van der Waals surface area contributed by atoms with Crippen LogP contribution in [0.3, 0.4) is 0 Å². The van der Waals surface area contributed by atoms with Gasteiger partial charge in [-0.25, -0.2) is 0 Å². The fraction of sp³-hybridized carbons (Fsp3) is 0.316. The lowest BCUT2D eigenvalue weighted by molar-refractivity contribution is -0.124. The highest BCUT2D eigenvalue weighted by molar-refractivity contribution is 5.97. The second-order valence-corrected chi connectivity index (χ2v) is 28.3. The van der Waals surface area contributed by atoms with Crippen molar-refractivity contribution >= 4 is 47.3 Å². The Labute approximate surface area is 580 Å². The summed E-state index contributed by atoms with van der Waals surface area (Å²) in [6.07, 6.45) is 11.8. The van der Waals surface area contributed by atoms with Crippen LogP contribution in [0.2, 0.25) is 0 Å². The van der Waals surface area contributed by atoms with E-state index in [1.54, 1.807) is 0 Å². The van der Waals surface area contributed by atoms with Crippen LogP contribution in [0.5, 0.6) is 23.0 Å². The van der Waals surface area contributed by atoms with Gasteiger partial charge < -0.3 is 18.9 Å². The predicted octanol–water partition coefficient (Wildman–Crippen LogP) is 8.49. The van der Waals surface area contributed by atoms with E-state index in [-0.39, 0.29) is 70.9 Å². The number of amides is 8. The molecule has 1 aliphatic rings. The highest BCUT2D eigenvalue weighted by atomic mass is 16.5. The number of ether oxygens (including phenoxy) is 4. The minimum atomic E-state index is -0.700. The van der Waals surface area contributed by atoms with Crippen molar-refractivity contribution < 1.29 is 57.3 Å². The van der Waals surface area contributed by atoms with Gasteiger partial charge >= 0.3 is 0 Å². The van der Waals surface area contributed by atoms with E-state index in [1.807, 2.05) is 48.5 Å². The molecule has 0 aliphatic heterocycles. The molecule has 520 valence electrons. The molecule has 0 fully saturated rings. The van der Waals surface area contributed by atoms with Gasteiger partial charge in [-0.2, -0.15) is 0 Å². The van der Waals surface area contributed by atoms with Gasteiger partial charge in [0.1, 0.15) is 23.0 Å². The van der Waals surface area contributed by atoms with Gasteiger partial charge in [0.25, 0.3) is 47.3 Å². The van der Waals surface area contributed by atoms with E-state index in [1.165, 1.54) is 98.1 Å². The summed E-state index contributed by atoms with van der Waals surface area (Å²) in [7, 11) is 0. The van der Waals surface area contributed by atoms with E-state index in [9.17, 15) is 38.4 Å². The Bertz CT molecular complexity index is 3710. The van der Waals surface area contributed by atoms with Crippen LogP contribution in [0.1, 0.15) is 191 Å². The van der Waals surface area contributed by atoms with E-state index in [0.29, 0.717) is 44.5 Å². The van der Waals surface area contributed by atoms with Crippen molar-refractivity contribution in [3.8, 4) is 23.0 Å². The Hall–Kier alpha value is -11.6. The van der Waals surface area contributed by atoms with E-state index in [2.05, 4.69) is 146 Å². The lowest BCUT2D eigenvalue weighted by Gasteiger charge is -2.29. The summed E-state index contributed by atoms with van der Waals surface area (Å²) < 4.78 is 27.3. The van der Waals surface area contributed by atoms with Gasteiger partial charge in [-0.1, -0.05) is 132 Å². The lowest BCUT2D eigenvalue weighted by atomic mass is 9.79. The van der Waals surface area contributed by atoms with Gasteiger partial charge in [0, 0.05) is 97.5 Å². The third-order valence-corrected chi connectivity index (χ3v) is 16.4. The van der Waals surface area contributed by atoms with Gasteiger partial charge in [0.15, 0.2) is 26.4 Å². The summed E-state index contributed by atoms with van der Waals surface area (Å²) in [5.41, 5.74) is 26.8. The molecule has 4 aromatic carbocycles. The minimum absolute atomic E-state index is 0.0450. The van der Waals surface area contributed by atoms with Crippen LogP contribution < -0.4 is 62.4 Å². The van der Waals surface area contributed by atoms with E-state index in [4.69, 9.17) is 18.9 Å². The third kappa shape index (κ3) is 19.4. The average molecular weight is 1360 g/mol. The first-order valence-electron chi connectivity index (χ1n) is 32.5. The van der Waals surface area contributed by atoms with Crippen molar-refractivity contribution in [2.45, 2.75) is 130 Å². The summed E-state index contributed by atoms with van der Waals surface area (Å²) >= 11 is 0. The highest BCUT2D eigenvalue weighted by Crippen LogP contribution is 2.45. The number of hydrogen-bond acceptors (Lipinski definition) is 16. The second kappa shape index (κ2) is 31.3. The topological polar surface area (TPSA) is 321 Å². The maximum Gasteiger partial charge on any atom is 0.276 e. The molecule has 24 nitrogen and oxygen atoms in total. The van der Waals surface area contributed by atoms with E-state index >= 15 is 0 Å². The molecule has 8 aromatic rings. The number of hydrazine groups is 4. The molecule has 0 atom stereocenters. The average Bonchev–Trinajstić information content (AvgIpc) is 0.766. The summed E-state index contributed by atoms with van der Waals surface area (Å²) in [4.78, 5) is 125. The van der Waals surface area contributed by atoms with Crippen LogP contribution in [-0.4, -0.2) is 93.6 Å². The number of carbonyl (C=O) groups excluding carboxylic acids is 8. The zero-order chi connectivity index (χ0) is 72.1. The molecule has 0 radical (unpaired) electrons. The van der Waals surface area contributed by atoms with Gasteiger partial charge in [0.05, 0.1) is 0 Å². The fourth-order valence-electron chi connectivity index (χ4n) is 10.9. The number of fused-ring (bicyclic) bond motifs is 8. The molecule has 1 aliphatic carbocycles. The van der Waals surface area contributed by atoms with Gasteiger partial charge in [0.2, 0.25) is 0 Å². The SMILES string of the molecule is CC(C)(C)c1cc2c(OCC(=O)NNC(=O)c3ccncc3)c(c1)Cc1cc(C(C)(C)C)cc(c1OCC(=O)NNC(=O)c1ccncc1)Cc1cc(C(C)(C)C)cc(c1OCC(=O)NNC(=O)c1ccncc1)Cc1cc(C(C)(C)C)cc(c1OCC(=O)NNC(=O)c1ccncc1)C2. The molecule has 4 aromatic heterocycles. The first-order valence-corrected chi connectivity index (χ1v) is 32.5. The smallest absolute Gasteiger partial charge is 0.276 e. The first-order chi connectivity index (χ1) is 47.4. The Balaban J connectivity index is 1.27. The largest absolute Gasteiger partial charge is 0.483 e. The van der Waals surface area contributed by atoms with E-state index < -0.39 is 95.3 Å². The van der Waals surface area contributed by atoms with Crippen molar-refractivity contribution in [2.24, 2.45) is 0 Å². The molecule has 4 heterocycles. The standard InChI is InChI=1S/C76H84N12O12/c1-73(2,3)57-33-49-29-51-35-58(74(4,5)6)37-53(66(51)98-42-62(90)82-86-70(94)46-15-23-78-24-16-46)31-55-39-60(76(10,11)12)40-56(68(55)100-44-64(92)84-88-72(96)48-19-27-80-28-20-48)32-54-38-59(75(7,8)9)36-52(67(54)99-43-63(91)83-87-71(95)47-17-25-79-26-18-47)30-50(34-57)65(49)97-41-61(89)81-85-69(93)45-13-21-77-22-14-45/h13-28,33-40H,29-32,41-44H2,1-12H3,(H,81,89)(H,82,90)(H,83,91)(H,84,92)(H,85,93)(H,86,94)(H,87,95)(H,88,96). The monoisotopic (exact) mass is 1360 g/mol. The fourth-order valence-corrected chi connectivity index (χ4v) is 10.9. The molecule has 0 saturated heterocycles. The zero-order valence-corrected chi connectivity index (χ0v) is 58.2. The van der Waals surface area contributed by atoms with Crippen LogP contribution in [0.4, 0.5) is 0 Å². The first kappa shape index (κ1) is 72.7. The zero-order valence-electron chi connectivity index (χ0n) is 58.2. The molecule has 100 heavy (non-hydrogen) atoms. The maximum absolute atomic E-state index is 14.1. The summed E-state index contributed by atoms with van der Waals surface area (Å²) in [6.45, 7) is 22.4. The lowest BCUT2D eigenvalue weighted by Crippen LogP contribution is -2.44. The van der Waals surface area contributed by atoms with Crippen molar-refractivity contribution in [2.75, 3.05) is 26.4 Å². The van der Waals surface area contributed by atoms with Crippen LogP contribution in [-0.2, 0) is 66.5 Å². The Morgan fingerprint density at radius 3 is 0.590 bits per heavy atom. The highest BCUT2D eigenvalue weighted by Gasteiger charge is 2.31. The van der Waals surface area contributed by atoms with E-state index in [0.717, 1.165) is 22.3 Å². The van der Waals surface area contributed by atoms with Crippen molar-refractivity contribution in [1.29, 1.82) is 0 Å². The normalized spacial score (nSPS) is 12.1. The number of hydrogen-bond donors (Lipinski definition) is 8. The van der Waals surface area contributed by atoms with Crippen LogP contribution >= 0.6 is 0 Å². The van der Waals surface area contributed by atoms with Gasteiger partial charge in [-0.05, 0) is 137 Å². The molecule has 8 bridgehead atoms. The number of benzene rings is 4. The molecule has 0 unspecified atom stereocenters. The number of rotatable bonds is 16. The van der Waals surface area contributed by atoms with Crippen molar-refractivity contribution in [1.82, 2.24) is 63.3 Å². The molecular formula is C76H84N12O12. The molecule has 0 spiro atoms. The number of pyridine rings is 4. The Kier molecular flexibility index (Phi) is 22.8. The molecule has 8 amide bonds. The van der Waals surface area contributed by atoms with Crippen LogP contribution in [0.15, 0.2) is 147 Å². The molecule has 9 rings (SSSR count). The Morgan fingerprint density at radius 1 is 0.280 bits per heavy atom. The molecular weight excluding hydrogens is 1270 g/mol. The second-order valence-electron chi connectivity index (χ2n) is 28.3. The maximum atomic E-state index is 14.1. The van der Waals surface area contributed by atoms with Crippen LogP contribution in [0, 0.1) is 0 Å². The molecule has 24 heteroatoms. The Morgan fingerprint density at radius 2 is 0.440 bits per heavy atom. The number of nitrogens with zero attached hydrogens (tertiary/aromatic N) is 4. The quantitative estimate of drug-likeness (QED) is 0.0420.